The van der Waals surface area contributed by atoms with Gasteiger partial charge in [0.1, 0.15) is 0 Å². The summed E-state index contributed by atoms with van der Waals surface area (Å²) in [6, 6.07) is 3.78. The minimum Gasteiger partial charge on any atom is -0.481 e. The standard InChI is InChI=1S/C12H15NO3/c14-11(15)7-12(4-2-5-12)16-9-10-3-1-6-13-8-10/h1,3,6,8H,2,4-5,7,9H2,(H,14,15). The van der Waals surface area contributed by atoms with Gasteiger partial charge >= 0.3 is 5.97 Å². The van der Waals surface area contributed by atoms with Gasteiger partial charge in [-0.25, -0.2) is 0 Å². The van der Waals surface area contributed by atoms with E-state index >= 15 is 0 Å². The molecule has 16 heavy (non-hydrogen) atoms. The van der Waals surface area contributed by atoms with E-state index in [-0.39, 0.29) is 6.42 Å². The molecule has 0 atom stereocenters. The largest absolute Gasteiger partial charge is 0.481 e. The van der Waals surface area contributed by atoms with Crippen molar-refractivity contribution in [3.63, 3.8) is 0 Å². The Kier molecular flexibility index (Phi) is 3.19. The fraction of sp³-hybridized carbons (Fsp3) is 0.500. The second kappa shape index (κ2) is 4.61. The topological polar surface area (TPSA) is 59.4 Å². The molecular formula is C12H15NO3. The van der Waals surface area contributed by atoms with Crippen LogP contribution in [0.15, 0.2) is 24.5 Å². The lowest BCUT2D eigenvalue weighted by molar-refractivity contribution is -0.156. The zero-order chi connectivity index (χ0) is 11.4. The lowest BCUT2D eigenvalue weighted by Gasteiger charge is -2.40. The highest BCUT2D eigenvalue weighted by atomic mass is 16.5. The number of carboxylic acids is 1. The number of rotatable bonds is 5. The number of aliphatic carboxylic acids is 1. The molecule has 1 aliphatic rings. The van der Waals surface area contributed by atoms with E-state index in [0.29, 0.717) is 6.61 Å². The lowest BCUT2D eigenvalue weighted by atomic mass is 9.77. The summed E-state index contributed by atoms with van der Waals surface area (Å²) < 4.78 is 5.74. The Morgan fingerprint density at radius 2 is 2.38 bits per heavy atom. The van der Waals surface area contributed by atoms with Gasteiger partial charge in [-0.05, 0) is 30.9 Å². The summed E-state index contributed by atoms with van der Waals surface area (Å²) in [5.74, 6) is -0.786. The highest BCUT2D eigenvalue weighted by Gasteiger charge is 2.40. The second-order valence-electron chi connectivity index (χ2n) is 4.26. The van der Waals surface area contributed by atoms with E-state index in [1.165, 1.54) is 0 Å². The zero-order valence-electron chi connectivity index (χ0n) is 9.06. The highest BCUT2D eigenvalue weighted by Crippen LogP contribution is 2.39. The maximum atomic E-state index is 10.7. The Bertz CT molecular complexity index is 360. The Labute approximate surface area is 94.3 Å². The highest BCUT2D eigenvalue weighted by molar-refractivity contribution is 5.68. The third kappa shape index (κ3) is 2.58. The molecule has 1 aliphatic carbocycles. The molecule has 0 aromatic carbocycles. The molecule has 1 aromatic heterocycles. The van der Waals surface area contributed by atoms with Crippen LogP contribution >= 0.6 is 0 Å². The van der Waals surface area contributed by atoms with Crippen molar-refractivity contribution in [1.82, 2.24) is 4.98 Å². The quantitative estimate of drug-likeness (QED) is 0.826. The van der Waals surface area contributed by atoms with Gasteiger partial charge in [0.25, 0.3) is 0 Å². The van der Waals surface area contributed by atoms with Crippen molar-refractivity contribution in [2.75, 3.05) is 0 Å². The third-order valence-corrected chi connectivity index (χ3v) is 3.01. The van der Waals surface area contributed by atoms with Crippen molar-refractivity contribution in [1.29, 1.82) is 0 Å². The molecule has 1 saturated carbocycles. The molecule has 0 radical (unpaired) electrons. The van der Waals surface area contributed by atoms with Gasteiger partial charge in [0.2, 0.25) is 0 Å². The molecule has 86 valence electrons. The summed E-state index contributed by atoms with van der Waals surface area (Å²) in [7, 11) is 0. The fourth-order valence-corrected chi connectivity index (χ4v) is 1.94. The second-order valence-corrected chi connectivity index (χ2v) is 4.26. The van der Waals surface area contributed by atoms with Gasteiger partial charge in [0.05, 0.1) is 18.6 Å². The van der Waals surface area contributed by atoms with Crippen LogP contribution in [0.4, 0.5) is 0 Å². The first kappa shape index (κ1) is 11.1. The van der Waals surface area contributed by atoms with E-state index in [1.54, 1.807) is 12.4 Å². The molecule has 0 spiro atoms. The Hall–Kier alpha value is -1.42. The van der Waals surface area contributed by atoms with Gasteiger partial charge in [-0.1, -0.05) is 6.07 Å². The first-order valence-corrected chi connectivity index (χ1v) is 5.45. The summed E-state index contributed by atoms with van der Waals surface area (Å²) in [6.45, 7) is 0.446. The maximum absolute atomic E-state index is 10.7. The van der Waals surface area contributed by atoms with E-state index in [0.717, 1.165) is 24.8 Å². The number of pyridine rings is 1. The molecule has 2 rings (SSSR count). The van der Waals surface area contributed by atoms with Crippen LogP contribution in [-0.2, 0) is 16.1 Å². The molecule has 0 unspecified atom stereocenters. The number of aromatic nitrogens is 1. The SMILES string of the molecule is O=C(O)CC1(OCc2cccnc2)CCC1. The van der Waals surface area contributed by atoms with Gasteiger partial charge in [-0.2, -0.15) is 0 Å². The molecule has 1 aromatic rings. The smallest absolute Gasteiger partial charge is 0.306 e. The van der Waals surface area contributed by atoms with Crippen LogP contribution in [0.3, 0.4) is 0 Å². The number of carbonyl (C=O) groups is 1. The summed E-state index contributed by atoms with van der Waals surface area (Å²) in [5.41, 5.74) is 0.556. The fourth-order valence-electron chi connectivity index (χ4n) is 1.94. The zero-order valence-corrected chi connectivity index (χ0v) is 9.06. The molecule has 4 heteroatoms. The molecule has 1 heterocycles. The number of nitrogens with zero attached hydrogens (tertiary/aromatic N) is 1. The van der Waals surface area contributed by atoms with Gasteiger partial charge in [-0.15, -0.1) is 0 Å². The molecule has 4 nitrogen and oxygen atoms in total. The molecule has 0 aliphatic heterocycles. The number of carboxylic acid groups (broad SMARTS) is 1. The van der Waals surface area contributed by atoms with Crippen LogP contribution in [0.5, 0.6) is 0 Å². The van der Waals surface area contributed by atoms with Crippen LogP contribution in [0.2, 0.25) is 0 Å². The van der Waals surface area contributed by atoms with E-state index in [9.17, 15) is 4.79 Å². The minimum atomic E-state index is -0.786. The van der Waals surface area contributed by atoms with E-state index in [4.69, 9.17) is 9.84 Å². The van der Waals surface area contributed by atoms with Crippen LogP contribution in [0.1, 0.15) is 31.2 Å². The summed E-state index contributed by atoms with van der Waals surface area (Å²) in [6.07, 6.45) is 6.31. The molecule has 0 saturated heterocycles. The van der Waals surface area contributed by atoms with E-state index in [1.807, 2.05) is 12.1 Å². The summed E-state index contributed by atoms with van der Waals surface area (Å²) in [4.78, 5) is 14.7. The summed E-state index contributed by atoms with van der Waals surface area (Å²) >= 11 is 0. The first-order chi connectivity index (χ1) is 7.70. The molecular weight excluding hydrogens is 206 g/mol. The monoisotopic (exact) mass is 221 g/mol. The molecule has 0 bridgehead atoms. The lowest BCUT2D eigenvalue weighted by Crippen LogP contribution is -2.42. The maximum Gasteiger partial charge on any atom is 0.306 e. The number of hydrogen-bond donors (Lipinski definition) is 1. The van der Waals surface area contributed by atoms with Crippen LogP contribution in [0.25, 0.3) is 0 Å². The van der Waals surface area contributed by atoms with E-state index in [2.05, 4.69) is 4.98 Å². The average Bonchev–Trinajstić information content (AvgIpc) is 2.23. The molecule has 1 fully saturated rings. The average molecular weight is 221 g/mol. The van der Waals surface area contributed by atoms with Gasteiger partial charge in [0, 0.05) is 12.4 Å². The predicted molar refractivity (Wildman–Crippen MR) is 57.9 cm³/mol. The minimum absolute atomic E-state index is 0.104. The van der Waals surface area contributed by atoms with Crippen molar-refractivity contribution >= 4 is 5.97 Å². The summed E-state index contributed by atoms with van der Waals surface area (Å²) in [5, 5.41) is 8.82. The third-order valence-electron chi connectivity index (χ3n) is 3.01. The van der Waals surface area contributed by atoms with Gasteiger partial charge in [0.15, 0.2) is 0 Å². The number of ether oxygens (including phenoxy) is 1. The van der Waals surface area contributed by atoms with Crippen LogP contribution < -0.4 is 0 Å². The van der Waals surface area contributed by atoms with Gasteiger partial charge < -0.3 is 9.84 Å². The van der Waals surface area contributed by atoms with Crippen LogP contribution in [0, 0.1) is 0 Å². The Morgan fingerprint density at radius 1 is 1.56 bits per heavy atom. The van der Waals surface area contributed by atoms with Crippen molar-refractivity contribution in [2.24, 2.45) is 0 Å². The van der Waals surface area contributed by atoms with Crippen LogP contribution in [-0.4, -0.2) is 21.7 Å². The van der Waals surface area contributed by atoms with Crippen molar-refractivity contribution in [2.45, 2.75) is 37.9 Å². The predicted octanol–water partition coefficient (Wildman–Crippen LogP) is 2.00. The molecule has 0 amide bonds. The molecule has 1 N–H and O–H groups in total. The van der Waals surface area contributed by atoms with Crippen molar-refractivity contribution in [3.8, 4) is 0 Å². The van der Waals surface area contributed by atoms with Crippen molar-refractivity contribution < 1.29 is 14.6 Å². The normalized spacial score (nSPS) is 17.8. The van der Waals surface area contributed by atoms with Gasteiger partial charge in [-0.3, -0.25) is 9.78 Å². The number of hydrogen-bond acceptors (Lipinski definition) is 3. The Balaban J connectivity index is 1.90. The first-order valence-electron chi connectivity index (χ1n) is 5.45. The van der Waals surface area contributed by atoms with Crippen molar-refractivity contribution in [3.05, 3.63) is 30.1 Å². The Morgan fingerprint density at radius 3 is 2.88 bits per heavy atom. The van der Waals surface area contributed by atoms with E-state index < -0.39 is 11.6 Å².